The highest BCUT2D eigenvalue weighted by Gasteiger charge is 2.55. The van der Waals surface area contributed by atoms with Crippen molar-refractivity contribution in [3.05, 3.63) is 65.7 Å². The number of hydrogen-bond donors (Lipinski definition) is 23. The molecule has 1 radical (unpaired) electrons. The Morgan fingerprint density at radius 3 is 1.87 bits per heavy atom. The average molecular weight is 1320 g/mol. The van der Waals surface area contributed by atoms with E-state index in [1.54, 1.807) is 51.1 Å². The molecule has 36 heteroatoms. The topological polar surface area (TPSA) is 582 Å². The fourth-order valence-electron chi connectivity index (χ4n) is 11.2. The molecule has 25 atom stereocenters. The van der Waals surface area contributed by atoms with E-state index in [1.807, 2.05) is 0 Å². The summed E-state index contributed by atoms with van der Waals surface area (Å²) in [6.07, 6.45) is -30.3. The molecule has 24 N–H and O–H groups in total. The molecule has 5 saturated heterocycles. The monoisotopic (exact) mass is 1320 g/mol. The van der Waals surface area contributed by atoms with Gasteiger partial charge in [0.25, 0.3) is 0 Å². The van der Waals surface area contributed by atoms with Gasteiger partial charge in [-0.05, 0) is 29.2 Å². The first-order valence-electron chi connectivity index (χ1n) is 29.9. The Morgan fingerprint density at radius 1 is 0.677 bits per heavy atom. The van der Waals surface area contributed by atoms with E-state index in [4.69, 9.17) is 45.0 Å². The summed E-state index contributed by atoms with van der Waals surface area (Å²) in [5, 5.41) is 175. The van der Waals surface area contributed by atoms with Crippen molar-refractivity contribution in [1.29, 1.82) is 10.8 Å². The summed E-state index contributed by atoms with van der Waals surface area (Å²) in [5.74, 6) is -7.60. The molecule has 2 aromatic carbocycles. The van der Waals surface area contributed by atoms with Crippen LogP contribution in [0.2, 0.25) is 0 Å². The molecule has 5 fully saturated rings. The van der Waals surface area contributed by atoms with Crippen molar-refractivity contribution in [2.45, 2.75) is 186 Å². The number of carbonyl (C=O) groups excluding carboxylic acids is 6. The summed E-state index contributed by atoms with van der Waals surface area (Å²) in [5.41, 5.74) is 7.38. The van der Waals surface area contributed by atoms with Crippen LogP contribution in [-0.4, -0.2) is 305 Å². The van der Waals surface area contributed by atoms with Crippen LogP contribution in [0.25, 0.3) is 0 Å². The Morgan fingerprint density at radius 2 is 1.27 bits per heavy atom. The van der Waals surface area contributed by atoms with Crippen molar-refractivity contribution in [2.24, 2.45) is 11.7 Å². The lowest BCUT2D eigenvalue weighted by Gasteiger charge is -2.46. The highest BCUT2D eigenvalue weighted by atomic mass is 16.7. The zero-order chi connectivity index (χ0) is 68.3. The molecule has 0 saturated carbocycles. The minimum Gasteiger partial charge on any atom is -0.462 e. The van der Waals surface area contributed by atoms with E-state index >= 15 is 0 Å². The minimum absolute atomic E-state index is 0.0628. The summed E-state index contributed by atoms with van der Waals surface area (Å²) in [6, 6.07) is 1.77. The molecule has 0 spiro atoms. The van der Waals surface area contributed by atoms with Crippen LogP contribution < -0.4 is 47.7 Å². The number of aliphatic hydroxyl groups is 13. The Labute approximate surface area is 531 Å². The molecular formula is C57H84N11O25. The first-order valence-corrected chi connectivity index (χ1v) is 29.9. The number of nitrogens with zero attached hydrogens (tertiary/aromatic N) is 1. The van der Waals surface area contributed by atoms with Crippen LogP contribution in [-0.2, 0) is 58.9 Å². The summed E-state index contributed by atoms with van der Waals surface area (Å²) >= 11 is 0. The number of nitrogens with two attached hydrogens (primary N) is 1. The van der Waals surface area contributed by atoms with Gasteiger partial charge in [-0.25, -0.2) is 0 Å². The van der Waals surface area contributed by atoms with E-state index in [2.05, 4.69) is 37.2 Å². The van der Waals surface area contributed by atoms with E-state index in [0.717, 1.165) is 4.90 Å². The van der Waals surface area contributed by atoms with Gasteiger partial charge in [0, 0.05) is 31.8 Å². The molecule has 93 heavy (non-hydrogen) atoms. The largest absolute Gasteiger partial charge is 0.462 e. The molecule has 36 nitrogen and oxygen atoms in total. The van der Waals surface area contributed by atoms with Crippen LogP contribution in [0.5, 0.6) is 5.75 Å². The van der Waals surface area contributed by atoms with E-state index in [0.29, 0.717) is 5.56 Å². The summed E-state index contributed by atoms with van der Waals surface area (Å²) in [7, 11) is 0. The molecule has 7 rings (SSSR count). The van der Waals surface area contributed by atoms with Gasteiger partial charge in [0.2, 0.25) is 36.2 Å². The number of amides is 4. The zero-order valence-electron chi connectivity index (χ0n) is 50.6. The molecule has 5 aliphatic heterocycles. The normalized spacial score (nSPS) is 32.2. The van der Waals surface area contributed by atoms with Crippen molar-refractivity contribution < 1.29 is 124 Å². The lowest BCUT2D eigenvalue weighted by atomic mass is 9.93. The number of nitrogens with one attached hydrogen (secondary N) is 9. The molecule has 5 heterocycles. The number of esters is 1. The number of aliphatic hydroxyl groups excluding tert-OH is 13. The number of benzene rings is 2. The molecule has 0 aromatic heterocycles. The molecular weight excluding hydrogens is 1240 g/mol. The first-order chi connectivity index (χ1) is 44.2. The van der Waals surface area contributed by atoms with Crippen LogP contribution in [0, 0.1) is 16.7 Å². The number of rotatable bonds is 29. The van der Waals surface area contributed by atoms with Gasteiger partial charge < -0.3 is 143 Å². The van der Waals surface area contributed by atoms with Gasteiger partial charge in [-0.15, -0.1) is 0 Å². The lowest BCUT2D eigenvalue weighted by Crippen LogP contribution is -2.69. The Balaban J connectivity index is 1.14. The van der Waals surface area contributed by atoms with Gasteiger partial charge in [-0.2, -0.15) is 0 Å². The van der Waals surface area contributed by atoms with Gasteiger partial charge in [-0.1, -0.05) is 63.2 Å². The van der Waals surface area contributed by atoms with Crippen molar-refractivity contribution in [3.8, 4) is 5.75 Å². The predicted octanol–water partition coefficient (Wildman–Crippen LogP) is -10.8. The molecule has 0 aliphatic carbocycles. The first kappa shape index (κ1) is 73.5. The maximum absolute atomic E-state index is 14.9. The highest BCUT2D eigenvalue weighted by molar-refractivity contribution is 5.96. The lowest BCUT2D eigenvalue weighted by molar-refractivity contribution is -0.353. The van der Waals surface area contributed by atoms with E-state index in [1.165, 1.54) is 30.6 Å². The van der Waals surface area contributed by atoms with Crippen molar-refractivity contribution in [1.82, 2.24) is 42.1 Å². The second-order valence-corrected chi connectivity index (χ2v) is 23.6. The highest BCUT2D eigenvalue weighted by Crippen LogP contribution is 2.33. The van der Waals surface area contributed by atoms with Crippen LogP contribution in [0.3, 0.4) is 0 Å². The number of guanidine groups is 2. The van der Waals surface area contributed by atoms with Gasteiger partial charge >= 0.3 is 5.97 Å². The van der Waals surface area contributed by atoms with Gasteiger partial charge in [-0.3, -0.25) is 39.6 Å². The van der Waals surface area contributed by atoms with Gasteiger partial charge in [0.1, 0.15) is 109 Å². The van der Waals surface area contributed by atoms with Crippen LogP contribution >= 0.6 is 0 Å². The molecule has 0 bridgehead atoms. The van der Waals surface area contributed by atoms with Crippen LogP contribution in [0.15, 0.2) is 54.6 Å². The Kier molecular flexibility index (Phi) is 26.0. The van der Waals surface area contributed by atoms with Gasteiger partial charge in [0.15, 0.2) is 30.5 Å². The zero-order valence-corrected chi connectivity index (χ0v) is 50.6. The smallest absolute Gasteiger partial charge is 0.306 e. The second kappa shape index (κ2) is 33.0. The Bertz CT molecular complexity index is 2860. The summed E-state index contributed by atoms with van der Waals surface area (Å²) < 4.78 is 34.3. The van der Waals surface area contributed by atoms with Crippen LogP contribution in [0.1, 0.15) is 44.2 Å². The third-order valence-electron chi connectivity index (χ3n) is 16.5. The third-order valence-corrected chi connectivity index (χ3v) is 16.5. The standard InChI is InChI=1S/C57H84N11O25/c1-22(2)13-34(74)92-48-43(80)41(78)32(20-72)90-55(48)93-47-33(21-73)91-54(46(83)44(47)81)88-27-11-9-24(10-12-27)14-28(64-50(85)35(58)23(3)25-7-5-4-6-8-25)49(84)66-36(38(75)29-15-61-56(59)65-29)52(87)67-37(51(86)63-26(17-69)18-70)39(76)30-16-62-57(60)68(30)53-45(82)42(79)40(77)31(19-71)89-53/h4-12,22-23,26,28-33,35-48,53-55,69,71-73,75-83H,13-17,19-21,58H2,1-3H3,(H2,60,62)(H,63,86)(H,64,85)(H,66,84)(H,67,87)(H3,59,61,65). The van der Waals surface area contributed by atoms with E-state index in [-0.39, 0.29) is 36.2 Å². The maximum atomic E-state index is 14.9. The fourth-order valence-corrected chi connectivity index (χ4v) is 11.2. The van der Waals surface area contributed by atoms with Crippen molar-refractivity contribution in [3.63, 3.8) is 0 Å². The van der Waals surface area contributed by atoms with E-state index in [9.17, 15) is 95.2 Å². The van der Waals surface area contributed by atoms with E-state index < -0.39 is 227 Å². The minimum atomic E-state index is -2.30. The quantitative estimate of drug-likeness (QED) is 0.0336. The maximum Gasteiger partial charge on any atom is 0.306 e. The summed E-state index contributed by atoms with van der Waals surface area (Å²) in [6.45, 7) is 0.704. The van der Waals surface area contributed by atoms with Crippen molar-refractivity contribution >= 4 is 47.8 Å². The van der Waals surface area contributed by atoms with Crippen molar-refractivity contribution in [2.75, 3.05) is 39.5 Å². The van der Waals surface area contributed by atoms with Crippen LogP contribution in [0.4, 0.5) is 0 Å². The Hall–Kier alpha value is -6.92. The molecule has 25 unspecified atom stereocenters. The number of carbonyl (C=O) groups is 5. The molecule has 517 valence electrons. The number of ether oxygens (including phenoxy) is 6. The predicted molar refractivity (Wildman–Crippen MR) is 314 cm³/mol. The van der Waals surface area contributed by atoms with Gasteiger partial charge in [0.05, 0.1) is 44.6 Å². The molecule has 5 aliphatic rings. The fraction of sp³-hybridized carbons (Fsp3) is 0.649. The third kappa shape index (κ3) is 17.5. The number of hydrogen-bond acceptors (Lipinski definition) is 28. The summed E-state index contributed by atoms with van der Waals surface area (Å²) in [4.78, 5) is 83.5. The SMILES string of the molecule is CC(C)CC(=O)OC1C(OC2C(CO)OC(Oc3ccc(CC(NC(=O)C(N)C(C)c4ccccc4)C(=O)NC(C(=O)NC(C(=O)NC([C]=O)CO)C(O)C4CNC(=N)N4C4OC(CO)C(O)C(O)C4O)C(O)C4CNC(=N)N4)cc3)C(O)C2O)OC(CO)C(O)C1O. The average Bonchev–Trinajstić information content (AvgIpc) is 1.77. The molecule has 2 aromatic rings. The second-order valence-electron chi connectivity index (χ2n) is 23.6. The molecule has 4 amide bonds.